The smallest absolute Gasteiger partial charge is 0.0931 e. The maximum atomic E-state index is 4.19. The lowest BCUT2D eigenvalue weighted by molar-refractivity contribution is 0.275. The van der Waals surface area contributed by atoms with E-state index in [-0.39, 0.29) is 11.5 Å². The van der Waals surface area contributed by atoms with Crippen molar-refractivity contribution >= 4 is 348 Å². The highest BCUT2D eigenvalue weighted by Gasteiger charge is 2.76. The van der Waals surface area contributed by atoms with Gasteiger partial charge >= 0.3 is 0 Å². The quantitative estimate of drug-likeness (QED) is 0.118. The van der Waals surface area contributed by atoms with Gasteiger partial charge in [-0.05, 0) is 406 Å². The highest BCUT2D eigenvalue weighted by atomic mass is 32.1. The molecule has 0 amide bonds. The fraction of sp³-hybridized carbons (Fsp3) is 0.149. The number of nitrogens with zero attached hydrogens (tertiary/aromatic N) is 1. The Morgan fingerprint density at radius 2 is 0.514 bits per heavy atom. The van der Waals surface area contributed by atoms with E-state index in [4.69, 9.17) is 0 Å². The topological polar surface area (TPSA) is 3.24 Å². The average Bonchev–Trinajstić information content (AvgIpc) is 1.38. The molecule has 1 fully saturated rings. The van der Waals surface area contributed by atoms with E-state index in [1.54, 1.807) is 347 Å². The van der Waals surface area contributed by atoms with Gasteiger partial charge in [0.05, 0.1) is 53.1 Å². The molecular formula is C101H37NS5. The normalized spacial score (nSPS) is 19.3. The third-order valence-electron chi connectivity index (χ3n) is 32.0. The zero-order chi connectivity index (χ0) is 67.4. The van der Waals surface area contributed by atoms with Gasteiger partial charge in [-0.15, -0.1) is 56.7 Å². The van der Waals surface area contributed by atoms with Crippen LogP contribution in [0.3, 0.4) is 0 Å². The van der Waals surface area contributed by atoms with Crippen molar-refractivity contribution in [2.45, 2.75) is 83.6 Å². The number of aryl methyl sites for hydroxylation is 5. The minimum atomic E-state index is -0.466. The third-order valence-corrected chi connectivity index (χ3v) is 38.0. The van der Waals surface area contributed by atoms with Gasteiger partial charge in [0, 0.05) is 41.4 Å². The van der Waals surface area contributed by atoms with Gasteiger partial charge in [0.15, 0.2) is 0 Å². The van der Waals surface area contributed by atoms with Crippen LogP contribution in [0.2, 0.25) is 0 Å². The van der Waals surface area contributed by atoms with Crippen molar-refractivity contribution in [2.75, 3.05) is 13.6 Å². The SMILES string of the molecule is CCc1ccc(C#Cc2cc(CC)sc2C#Cc2cc(CC)sc2C#Cc2cc(CC)sc2C#Cc2cc(CC)sc2C2N(C)CC34c5c6c7c8c9c%10c(c%11c%12c3c3c5c5c%13c6c6c7c7c9c9c%14c%10c%10c%11c%11c%12c%12c3c3c5c5c%13c%13c6c6c7c9c7c9c%14c%10c%10c%11c%11c%12c3c3c5c5c%13c6c7c6c9c%10c%11c3c56)C824)s1. The van der Waals surface area contributed by atoms with E-state index in [9.17, 15) is 0 Å². The second-order valence-corrected chi connectivity index (χ2v) is 40.4. The summed E-state index contributed by atoms with van der Waals surface area (Å²) in [6.45, 7) is 12.3. The van der Waals surface area contributed by atoms with Crippen LogP contribution in [0, 0.1) is 47.4 Å². The first-order valence-electron chi connectivity index (χ1n) is 39.0. The Hall–Kier alpha value is -10.8. The molecule has 107 heavy (non-hydrogen) atoms. The average molecular weight is 1420 g/mol. The molecule has 5 aliphatic rings. The van der Waals surface area contributed by atoms with Gasteiger partial charge < -0.3 is 0 Å². The molecule has 1 saturated heterocycles. The Kier molecular flexibility index (Phi) is 6.38. The highest BCUT2D eigenvalue weighted by Crippen LogP contribution is 2.87. The monoisotopic (exact) mass is 1420 g/mol. The number of rotatable bonds is 6. The first kappa shape index (κ1) is 49.9. The van der Waals surface area contributed by atoms with Gasteiger partial charge in [0.1, 0.15) is 0 Å². The van der Waals surface area contributed by atoms with Gasteiger partial charge in [-0.1, -0.05) is 64.2 Å². The summed E-state index contributed by atoms with van der Waals surface area (Å²) in [7, 11) is 2.61. The predicted octanol–water partition coefficient (Wildman–Crippen LogP) is 26.7. The van der Waals surface area contributed by atoms with Crippen LogP contribution in [-0.4, -0.2) is 18.5 Å². The van der Waals surface area contributed by atoms with E-state index in [0.717, 1.165) is 74.8 Å². The van der Waals surface area contributed by atoms with Gasteiger partial charge in [-0.2, -0.15) is 0 Å². The maximum Gasteiger partial charge on any atom is 0.0931 e. The van der Waals surface area contributed by atoms with E-state index >= 15 is 0 Å². The molecule has 0 bridgehead atoms. The van der Waals surface area contributed by atoms with Crippen molar-refractivity contribution in [1.29, 1.82) is 0 Å². The molecule has 0 saturated carbocycles. The Balaban J connectivity index is 0.666. The Morgan fingerprint density at radius 1 is 0.271 bits per heavy atom. The van der Waals surface area contributed by atoms with Gasteiger partial charge in [-0.25, -0.2) is 0 Å². The Labute approximate surface area is 621 Å². The number of likely N-dealkylation sites (N-methyl/N-ethyl adjacent to an activating group) is 1. The van der Waals surface area contributed by atoms with Gasteiger partial charge in [-0.3, -0.25) is 4.90 Å². The molecule has 4 aliphatic carbocycles. The molecule has 1 nitrogen and oxygen atoms in total. The van der Waals surface area contributed by atoms with Crippen molar-refractivity contribution < 1.29 is 0 Å². The van der Waals surface area contributed by atoms with E-state index in [2.05, 4.69) is 142 Å². The zero-order valence-electron chi connectivity index (χ0n) is 57.8. The summed E-state index contributed by atoms with van der Waals surface area (Å²) in [6.07, 6.45) is 4.83. The molecule has 476 valence electrons. The molecule has 33 aromatic rings. The number of thiophene rings is 5. The Morgan fingerprint density at radius 3 is 0.794 bits per heavy atom. The van der Waals surface area contributed by atoms with Crippen LogP contribution >= 0.6 is 56.7 Å². The molecule has 5 aromatic heterocycles. The summed E-state index contributed by atoms with van der Waals surface area (Å²) in [4.78, 5) is 15.4. The van der Waals surface area contributed by atoms with Crippen molar-refractivity contribution in [1.82, 2.24) is 4.90 Å². The minimum Gasteiger partial charge on any atom is -0.296 e. The third kappa shape index (κ3) is 3.77. The maximum absolute atomic E-state index is 4.19. The summed E-state index contributed by atoms with van der Waals surface area (Å²) in [5.41, 5.74) is 10.4. The second-order valence-electron chi connectivity index (χ2n) is 34.7. The van der Waals surface area contributed by atoms with Crippen molar-refractivity contribution in [3.63, 3.8) is 0 Å². The van der Waals surface area contributed by atoms with E-state index in [1.165, 1.54) is 34.8 Å². The fourth-order valence-electron chi connectivity index (χ4n) is 29.9. The molecule has 1 aliphatic heterocycles. The molecule has 0 radical (unpaired) electrons. The molecular weight excluding hydrogens is 1390 g/mol. The number of hydrogen-bond acceptors (Lipinski definition) is 6. The molecule has 6 heteroatoms. The van der Waals surface area contributed by atoms with E-state index < -0.39 is 5.41 Å². The van der Waals surface area contributed by atoms with Gasteiger partial charge in [0.2, 0.25) is 0 Å². The summed E-state index contributed by atoms with van der Waals surface area (Å²) in [5, 5.41) is 89.1. The van der Waals surface area contributed by atoms with Crippen LogP contribution in [0.4, 0.5) is 0 Å². The molecule has 1 unspecified atom stereocenters. The fourth-order valence-corrected chi connectivity index (χ4v) is 34.7. The first-order valence-corrected chi connectivity index (χ1v) is 43.1. The van der Waals surface area contributed by atoms with Crippen LogP contribution in [0.25, 0.3) is 291 Å². The molecule has 6 heterocycles. The number of likely N-dealkylation sites (tertiary alicyclic amines) is 1. The van der Waals surface area contributed by atoms with Crippen molar-refractivity contribution in [3.05, 3.63) is 130 Å². The van der Waals surface area contributed by atoms with Crippen LogP contribution in [0.5, 0.6) is 0 Å². The van der Waals surface area contributed by atoms with Crippen molar-refractivity contribution in [2.24, 2.45) is 0 Å². The lowest BCUT2D eigenvalue weighted by atomic mass is 9.48. The molecule has 38 rings (SSSR count). The molecule has 1 atom stereocenters. The molecule has 2 spiro atoms. The van der Waals surface area contributed by atoms with Crippen LogP contribution in [0.15, 0.2) is 36.4 Å². The van der Waals surface area contributed by atoms with E-state index in [1.807, 2.05) is 11.3 Å². The zero-order valence-corrected chi connectivity index (χ0v) is 61.9. The first-order chi connectivity index (χ1) is 52.9. The van der Waals surface area contributed by atoms with Crippen LogP contribution in [-0.2, 0) is 42.9 Å². The standard InChI is InChI=1S/C101H37NS5/c1-7-31-17-18-36(103-31)16-12-27-22-32(8-2)104-37(27)19-13-28-23-33(9-3)105-38(28)20-14-29-24-34(10-4)106-39(29)21-15-30-25-35(11-5)107-98(30)99-101-96-90-84-74-62-54-46-42-40-41-44-48(46)56(62)66-60-52(44)53-45(41)49-47-43(40)51-50(42)58-64(54)72-78-68(58)69-59(51)65-55(47)63-57(49)67-61(53)71-70(60)82(76(66)84)92(96)93-83(71)77(67)85-75(63)81-73(65)79(69)87-86(78)94(88(90)80(72)74)100(101,26-102(99)6)95(87)89(81)91(85)97(93)101/h17-18,22-25,99H,7-11,26H2,1-6H3. The van der Waals surface area contributed by atoms with E-state index in [0.29, 0.717) is 0 Å². The van der Waals surface area contributed by atoms with Gasteiger partial charge in [0.25, 0.3) is 0 Å². The predicted molar refractivity (Wildman–Crippen MR) is 462 cm³/mol. The van der Waals surface area contributed by atoms with Crippen LogP contribution < -0.4 is 0 Å². The molecule has 0 N–H and O–H groups in total. The summed E-state index contributed by atoms with van der Waals surface area (Å²) in [6, 6.07) is 13.8. The number of benzene rings is 18. The number of hydrogen-bond donors (Lipinski definition) is 0. The Bertz CT molecular complexity index is 9810. The lowest BCUT2D eigenvalue weighted by Crippen LogP contribution is -2.51. The highest BCUT2D eigenvalue weighted by molar-refractivity contribution is 7.14. The minimum absolute atomic E-state index is 0.00799. The largest absolute Gasteiger partial charge is 0.296 e. The van der Waals surface area contributed by atoms with Crippen molar-refractivity contribution in [3.8, 4) is 47.4 Å². The lowest BCUT2D eigenvalue weighted by Gasteiger charge is -2.52. The molecule has 28 aromatic carbocycles. The summed E-state index contributed by atoms with van der Waals surface area (Å²) in [5.74, 6) is 30.2. The summed E-state index contributed by atoms with van der Waals surface area (Å²) < 4.78 is 0. The second kappa shape index (κ2) is 13.7. The summed E-state index contributed by atoms with van der Waals surface area (Å²) >= 11 is 9.33. The van der Waals surface area contributed by atoms with Crippen LogP contribution in [0.1, 0.15) is 134 Å².